The Kier molecular flexibility index (Phi) is 3.84. The summed E-state index contributed by atoms with van der Waals surface area (Å²) < 4.78 is 16.5. The molecule has 0 aliphatic carbocycles. The first-order valence-corrected chi connectivity index (χ1v) is 5.91. The Morgan fingerprint density at radius 1 is 1.22 bits per heavy atom. The molecule has 1 fully saturated rings. The average Bonchev–Trinajstić information content (AvgIpc) is 2.70. The molecule has 5 heteroatoms. The van der Waals surface area contributed by atoms with Crippen molar-refractivity contribution >= 4 is 6.09 Å². The first-order valence-electron chi connectivity index (χ1n) is 5.91. The summed E-state index contributed by atoms with van der Waals surface area (Å²) in [7, 11) is 1.51. The van der Waals surface area contributed by atoms with Crippen LogP contribution in [-0.4, -0.2) is 25.3 Å². The average molecular weight is 251 g/mol. The van der Waals surface area contributed by atoms with Crippen LogP contribution in [0.2, 0.25) is 0 Å². The van der Waals surface area contributed by atoms with E-state index in [4.69, 9.17) is 14.2 Å². The predicted molar refractivity (Wildman–Crippen MR) is 65.4 cm³/mol. The number of amides is 1. The standard InChI is InChI=1S/C13H17NO4/c1-8-9(2)17-12(16-8)10-6-4-5-7-11(10)18-13(15)14-3/h4-9,12H,1-3H3,(H,14,15)/t8-,9-/m1/s1. The molecular formula is C13H17NO4. The number of nitrogens with one attached hydrogen (secondary N) is 1. The summed E-state index contributed by atoms with van der Waals surface area (Å²) in [5, 5.41) is 2.41. The number of hydrogen-bond acceptors (Lipinski definition) is 4. The molecule has 1 amide bonds. The van der Waals surface area contributed by atoms with Crippen molar-refractivity contribution in [3.63, 3.8) is 0 Å². The van der Waals surface area contributed by atoms with Gasteiger partial charge in [-0.15, -0.1) is 0 Å². The van der Waals surface area contributed by atoms with Gasteiger partial charge in [0, 0.05) is 7.05 Å². The highest BCUT2D eigenvalue weighted by molar-refractivity contribution is 5.70. The summed E-state index contributed by atoms with van der Waals surface area (Å²) in [6.07, 6.45) is -0.969. The van der Waals surface area contributed by atoms with E-state index in [0.717, 1.165) is 5.56 Å². The lowest BCUT2D eigenvalue weighted by Crippen LogP contribution is -2.23. The molecule has 0 aromatic heterocycles. The van der Waals surface area contributed by atoms with Gasteiger partial charge in [-0.05, 0) is 19.9 Å². The van der Waals surface area contributed by atoms with Crippen LogP contribution in [-0.2, 0) is 9.47 Å². The number of ether oxygens (including phenoxy) is 3. The molecular weight excluding hydrogens is 234 g/mol. The van der Waals surface area contributed by atoms with Crippen LogP contribution in [0.4, 0.5) is 4.79 Å². The molecule has 1 saturated heterocycles. The van der Waals surface area contributed by atoms with Gasteiger partial charge in [0.2, 0.25) is 0 Å². The molecule has 1 heterocycles. The van der Waals surface area contributed by atoms with Crippen LogP contribution < -0.4 is 10.1 Å². The van der Waals surface area contributed by atoms with Crippen molar-refractivity contribution < 1.29 is 19.0 Å². The summed E-state index contributed by atoms with van der Waals surface area (Å²) in [5.74, 6) is 0.447. The lowest BCUT2D eigenvalue weighted by atomic mass is 10.2. The number of hydrogen-bond donors (Lipinski definition) is 1. The van der Waals surface area contributed by atoms with Gasteiger partial charge in [0.05, 0.1) is 17.8 Å². The lowest BCUT2D eigenvalue weighted by molar-refractivity contribution is -0.0662. The van der Waals surface area contributed by atoms with Gasteiger partial charge < -0.3 is 19.5 Å². The van der Waals surface area contributed by atoms with E-state index in [0.29, 0.717) is 5.75 Å². The van der Waals surface area contributed by atoms with E-state index in [1.807, 2.05) is 26.0 Å². The van der Waals surface area contributed by atoms with Crippen LogP contribution in [0.3, 0.4) is 0 Å². The number of para-hydroxylation sites is 1. The lowest BCUT2D eigenvalue weighted by Gasteiger charge is -2.14. The highest BCUT2D eigenvalue weighted by Crippen LogP contribution is 2.35. The molecule has 0 spiro atoms. The molecule has 0 radical (unpaired) electrons. The molecule has 2 atom stereocenters. The topological polar surface area (TPSA) is 56.8 Å². The normalized spacial score (nSPS) is 23.9. The van der Waals surface area contributed by atoms with Crippen LogP contribution in [0.25, 0.3) is 0 Å². The van der Waals surface area contributed by atoms with Crippen LogP contribution in [0.1, 0.15) is 25.7 Å². The first kappa shape index (κ1) is 12.9. The van der Waals surface area contributed by atoms with Crippen LogP contribution in [0.15, 0.2) is 24.3 Å². The van der Waals surface area contributed by atoms with Gasteiger partial charge in [-0.1, -0.05) is 18.2 Å². The maximum Gasteiger partial charge on any atom is 0.412 e. The fourth-order valence-corrected chi connectivity index (χ4v) is 1.71. The Morgan fingerprint density at radius 2 is 1.83 bits per heavy atom. The third-order valence-electron chi connectivity index (χ3n) is 2.92. The van der Waals surface area contributed by atoms with Crippen molar-refractivity contribution in [2.24, 2.45) is 0 Å². The largest absolute Gasteiger partial charge is 0.412 e. The third kappa shape index (κ3) is 2.63. The van der Waals surface area contributed by atoms with Gasteiger partial charge in [0.25, 0.3) is 0 Å². The molecule has 1 N–H and O–H groups in total. The Hall–Kier alpha value is -1.59. The van der Waals surface area contributed by atoms with Crippen LogP contribution in [0, 0.1) is 0 Å². The monoisotopic (exact) mass is 251 g/mol. The first-order chi connectivity index (χ1) is 8.61. The third-order valence-corrected chi connectivity index (χ3v) is 2.92. The fourth-order valence-electron chi connectivity index (χ4n) is 1.71. The molecule has 0 saturated carbocycles. The van der Waals surface area contributed by atoms with Crippen molar-refractivity contribution in [3.8, 4) is 5.75 Å². The van der Waals surface area contributed by atoms with Crippen molar-refractivity contribution in [2.45, 2.75) is 32.3 Å². The van der Waals surface area contributed by atoms with E-state index in [1.54, 1.807) is 12.1 Å². The minimum Gasteiger partial charge on any atom is -0.410 e. The van der Waals surface area contributed by atoms with E-state index in [1.165, 1.54) is 7.05 Å². The molecule has 0 bridgehead atoms. The Balaban J connectivity index is 2.20. The predicted octanol–water partition coefficient (Wildman–Crippen LogP) is 2.23. The van der Waals surface area contributed by atoms with Crippen molar-refractivity contribution in [3.05, 3.63) is 29.8 Å². The number of carbonyl (C=O) groups is 1. The minimum atomic E-state index is -0.512. The molecule has 2 rings (SSSR count). The smallest absolute Gasteiger partial charge is 0.410 e. The molecule has 1 aliphatic rings. The van der Waals surface area contributed by atoms with Crippen LogP contribution in [0.5, 0.6) is 5.75 Å². The van der Waals surface area contributed by atoms with Crippen molar-refractivity contribution in [1.82, 2.24) is 5.32 Å². The summed E-state index contributed by atoms with van der Waals surface area (Å²) in [4.78, 5) is 11.3. The second-order valence-electron chi connectivity index (χ2n) is 4.19. The van der Waals surface area contributed by atoms with Gasteiger partial charge in [-0.2, -0.15) is 0 Å². The number of carbonyl (C=O) groups excluding carboxylic acids is 1. The number of benzene rings is 1. The second-order valence-corrected chi connectivity index (χ2v) is 4.19. The fraction of sp³-hybridized carbons (Fsp3) is 0.462. The molecule has 98 valence electrons. The molecule has 1 aromatic rings. The van der Waals surface area contributed by atoms with Gasteiger partial charge >= 0.3 is 6.09 Å². The van der Waals surface area contributed by atoms with Gasteiger partial charge in [0.15, 0.2) is 6.29 Å². The summed E-state index contributed by atoms with van der Waals surface area (Å²) in [6, 6.07) is 7.19. The molecule has 5 nitrogen and oxygen atoms in total. The zero-order chi connectivity index (χ0) is 13.1. The van der Waals surface area contributed by atoms with E-state index < -0.39 is 12.4 Å². The maximum absolute atomic E-state index is 11.3. The summed E-state index contributed by atoms with van der Waals surface area (Å²) in [5.41, 5.74) is 0.720. The zero-order valence-electron chi connectivity index (χ0n) is 10.7. The van der Waals surface area contributed by atoms with Crippen molar-refractivity contribution in [2.75, 3.05) is 7.05 Å². The van der Waals surface area contributed by atoms with Gasteiger partial charge in [-0.25, -0.2) is 4.79 Å². The van der Waals surface area contributed by atoms with Gasteiger partial charge in [0.1, 0.15) is 5.75 Å². The quantitative estimate of drug-likeness (QED) is 0.875. The highest BCUT2D eigenvalue weighted by atomic mass is 16.7. The number of rotatable bonds is 2. The van der Waals surface area contributed by atoms with Crippen LogP contribution >= 0.6 is 0 Å². The van der Waals surface area contributed by atoms with Gasteiger partial charge in [-0.3, -0.25) is 0 Å². The Morgan fingerprint density at radius 3 is 2.44 bits per heavy atom. The summed E-state index contributed by atoms with van der Waals surface area (Å²) in [6.45, 7) is 3.90. The van der Waals surface area contributed by atoms with E-state index in [9.17, 15) is 4.79 Å². The molecule has 1 aromatic carbocycles. The molecule has 1 aliphatic heterocycles. The highest BCUT2D eigenvalue weighted by Gasteiger charge is 2.32. The minimum absolute atomic E-state index is 0.0167. The summed E-state index contributed by atoms with van der Waals surface area (Å²) >= 11 is 0. The Bertz CT molecular complexity index is 425. The van der Waals surface area contributed by atoms with E-state index in [2.05, 4.69) is 5.32 Å². The molecule has 18 heavy (non-hydrogen) atoms. The van der Waals surface area contributed by atoms with Crippen molar-refractivity contribution in [1.29, 1.82) is 0 Å². The maximum atomic E-state index is 11.3. The SMILES string of the molecule is CNC(=O)Oc1ccccc1C1O[C@H](C)[C@@H](C)O1. The second kappa shape index (κ2) is 5.37. The Labute approximate surface area is 106 Å². The molecule has 0 unspecified atom stereocenters. The van der Waals surface area contributed by atoms with E-state index >= 15 is 0 Å². The zero-order valence-corrected chi connectivity index (χ0v) is 10.7. The van der Waals surface area contributed by atoms with E-state index in [-0.39, 0.29) is 12.2 Å².